The summed E-state index contributed by atoms with van der Waals surface area (Å²) in [5, 5.41) is 5.60. The third-order valence-electron chi connectivity index (χ3n) is 3.73. The minimum Gasteiger partial charge on any atom is -0.380 e. The molecule has 3 rings (SSSR count). The number of rotatable bonds is 2. The summed E-state index contributed by atoms with van der Waals surface area (Å²) in [5.41, 5.74) is 2.01. The maximum absolute atomic E-state index is 6.41. The maximum Gasteiger partial charge on any atom is 0.0737 e. The largest absolute Gasteiger partial charge is 0.380 e. The Labute approximate surface area is 123 Å². The molecule has 0 saturated heterocycles. The summed E-state index contributed by atoms with van der Waals surface area (Å²) in [6.07, 6.45) is 6.52. The Hall–Kier alpha value is -0.990. The number of nitrogens with one attached hydrogen (secondary N) is 1. The first-order valence-corrected chi connectivity index (χ1v) is 7.50. The van der Waals surface area contributed by atoms with Crippen LogP contribution in [0.5, 0.6) is 0 Å². The maximum atomic E-state index is 6.41. The van der Waals surface area contributed by atoms with Crippen LogP contribution in [0.25, 0.3) is 10.9 Å². The van der Waals surface area contributed by atoms with E-state index in [1.165, 1.54) is 12.8 Å². The van der Waals surface area contributed by atoms with Crippen molar-refractivity contribution in [2.45, 2.75) is 37.1 Å². The van der Waals surface area contributed by atoms with E-state index in [9.17, 15) is 0 Å². The first-order valence-electron chi connectivity index (χ1n) is 6.69. The predicted octanol–water partition coefficient (Wildman–Crippen LogP) is 4.85. The van der Waals surface area contributed by atoms with Crippen molar-refractivity contribution in [2.24, 2.45) is 0 Å². The fraction of sp³-hybridized carbons (Fsp3) is 0.400. The SMILES string of the molecule is Clc1ccc2c(NC3CCCCC3Cl)ccnc2c1. The first kappa shape index (κ1) is 13.0. The van der Waals surface area contributed by atoms with Crippen molar-refractivity contribution >= 4 is 39.8 Å². The van der Waals surface area contributed by atoms with Gasteiger partial charge in [-0.15, -0.1) is 11.6 Å². The molecule has 0 spiro atoms. The summed E-state index contributed by atoms with van der Waals surface area (Å²) in [7, 11) is 0. The van der Waals surface area contributed by atoms with E-state index in [1.54, 1.807) is 0 Å². The van der Waals surface area contributed by atoms with Gasteiger partial charge in [0.25, 0.3) is 0 Å². The molecule has 1 fully saturated rings. The number of pyridine rings is 1. The number of anilines is 1. The Morgan fingerprint density at radius 2 is 2.00 bits per heavy atom. The molecule has 1 saturated carbocycles. The second kappa shape index (κ2) is 5.56. The molecule has 1 aliphatic carbocycles. The van der Waals surface area contributed by atoms with Gasteiger partial charge in [0.1, 0.15) is 0 Å². The third kappa shape index (κ3) is 2.80. The van der Waals surface area contributed by atoms with E-state index in [4.69, 9.17) is 23.2 Å². The van der Waals surface area contributed by atoms with Gasteiger partial charge in [0.05, 0.1) is 10.9 Å². The van der Waals surface area contributed by atoms with Crippen LogP contribution < -0.4 is 5.32 Å². The van der Waals surface area contributed by atoms with E-state index in [-0.39, 0.29) is 5.38 Å². The van der Waals surface area contributed by atoms with Gasteiger partial charge in [-0.25, -0.2) is 0 Å². The molecule has 100 valence electrons. The van der Waals surface area contributed by atoms with Gasteiger partial charge in [-0.05, 0) is 37.1 Å². The van der Waals surface area contributed by atoms with Gasteiger partial charge in [0.2, 0.25) is 0 Å². The number of fused-ring (bicyclic) bond motifs is 1. The normalized spacial score (nSPS) is 23.5. The Bertz CT molecular complexity index is 585. The van der Waals surface area contributed by atoms with Crippen LogP contribution in [0.15, 0.2) is 30.5 Å². The van der Waals surface area contributed by atoms with Gasteiger partial charge in [0.15, 0.2) is 0 Å². The fourth-order valence-electron chi connectivity index (χ4n) is 2.70. The van der Waals surface area contributed by atoms with Crippen LogP contribution in [-0.2, 0) is 0 Å². The lowest BCUT2D eigenvalue weighted by atomic mass is 9.94. The van der Waals surface area contributed by atoms with E-state index in [1.807, 2.05) is 30.5 Å². The smallest absolute Gasteiger partial charge is 0.0737 e. The molecule has 1 aromatic heterocycles. The molecule has 4 heteroatoms. The van der Waals surface area contributed by atoms with Crippen LogP contribution in [-0.4, -0.2) is 16.4 Å². The second-order valence-corrected chi connectivity index (χ2v) is 6.07. The van der Waals surface area contributed by atoms with E-state index < -0.39 is 0 Å². The molecule has 0 radical (unpaired) electrons. The lowest BCUT2D eigenvalue weighted by Gasteiger charge is -2.29. The topological polar surface area (TPSA) is 24.9 Å². The summed E-state index contributed by atoms with van der Waals surface area (Å²) >= 11 is 12.4. The Morgan fingerprint density at radius 3 is 2.84 bits per heavy atom. The zero-order valence-corrected chi connectivity index (χ0v) is 12.1. The minimum absolute atomic E-state index is 0.212. The Kier molecular flexibility index (Phi) is 3.81. The van der Waals surface area contributed by atoms with Crippen LogP contribution >= 0.6 is 23.2 Å². The number of benzene rings is 1. The lowest BCUT2D eigenvalue weighted by molar-refractivity contribution is 0.470. The molecule has 1 aromatic carbocycles. The van der Waals surface area contributed by atoms with Crippen LogP contribution in [0.1, 0.15) is 25.7 Å². The molecule has 0 amide bonds. The molecular weight excluding hydrogens is 279 g/mol. The van der Waals surface area contributed by atoms with Crippen molar-refractivity contribution in [1.82, 2.24) is 4.98 Å². The number of alkyl halides is 1. The van der Waals surface area contributed by atoms with Crippen molar-refractivity contribution < 1.29 is 0 Å². The van der Waals surface area contributed by atoms with Gasteiger partial charge in [-0.3, -0.25) is 4.98 Å². The summed E-state index contributed by atoms with van der Waals surface area (Å²) in [6.45, 7) is 0. The predicted molar refractivity (Wildman–Crippen MR) is 82.3 cm³/mol. The van der Waals surface area contributed by atoms with Crippen molar-refractivity contribution in [3.63, 3.8) is 0 Å². The monoisotopic (exact) mass is 294 g/mol. The Morgan fingerprint density at radius 1 is 1.16 bits per heavy atom. The van der Waals surface area contributed by atoms with Gasteiger partial charge < -0.3 is 5.32 Å². The highest BCUT2D eigenvalue weighted by Crippen LogP contribution is 2.29. The van der Waals surface area contributed by atoms with Gasteiger partial charge in [0, 0.05) is 28.3 Å². The second-order valence-electron chi connectivity index (χ2n) is 5.07. The van der Waals surface area contributed by atoms with E-state index >= 15 is 0 Å². The van der Waals surface area contributed by atoms with Gasteiger partial charge in [-0.1, -0.05) is 24.4 Å². The average molecular weight is 295 g/mol. The van der Waals surface area contributed by atoms with Crippen molar-refractivity contribution in [2.75, 3.05) is 5.32 Å². The third-order valence-corrected chi connectivity index (χ3v) is 4.48. The Balaban J connectivity index is 1.92. The number of hydrogen-bond acceptors (Lipinski definition) is 2. The number of hydrogen-bond donors (Lipinski definition) is 1. The molecule has 1 N–H and O–H groups in total. The molecule has 19 heavy (non-hydrogen) atoms. The highest BCUT2D eigenvalue weighted by atomic mass is 35.5. The first-order chi connectivity index (χ1) is 9.24. The zero-order chi connectivity index (χ0) is 13.2. The van der Waals surface area contributed by atoms with E-state index in [2.05, 4.69) is 10.3 Å². The molecule has 2 unspecified atom stereocenters. The highest BCUT2D eigenvalue weighted by Gasteiger charge is 2.23. The van der Waals surface area contributed by atoms with Crippen LogP contribution in [0, 0.1) is 0 Å². The van der Waals surface area contributed by atoms with Crippen molar-refractivity contribution in [3.8, 4) is 0 Å². The van der Waals surface area contributed by atoms with Crippen molar-refractivity contribution in [1.29, 1.82) is 0 Å². The van der Waals surface area contributed by atoms with Crippen LogP contribution in [0.3, 0.4) is 0 Å². The average Bonchev–Trinajstić information content (AvgIpc) is 2.41. The highest BCUT2D eigenvalue weighted by molar-refractivity contribution is 6.31. The summed E-state index contributed by atoms with van der Waals surface area (Å²) in [5.74, 6) is 0. The van der Waals surface area contributed by atoms with Crippen LogP contribution in [0.4, 0.5) is 5.69 Å². The molecule has 1 aliphatic rings. The van der Waals surface area contributed by atoms with Crippen molar-refractivity contribution in [3.05, 3.63) is 35.5 Å². The molecular formula is C15H16Cl2N2. The number of halogens is 2. The molecule has 1 heterocycles. The molecule has 2 aromatic rings. The number of nitrogens with zero attached hydrogens (tertiary/aromatic N) is 1. The minimum atomic E-state index is 0.212. The van der Waals surface area contributed by atoms with Gasteiger partial charge >= 0.3 is 0 Å². The van der Waals surface area contributed by atoms with Crippen LogP contribution in [0.2, 0.25) is 5.02 Å². The lowest BCUT2D eigenvalue weighted by Crippen LogP contribution is -2.32. The summed E-state index contributed by atoms with van der Waals surface area (Å²) < 4.78 is 0. The quantitative estimate of drug-likeness (QED) is 0.801. The molecule has 2 nitrogen and oxygen atoms in total. The van der Waals surface area contributed by atoms with Gasteiger partial charge in [-0.2, -0.15) is 0 Å². The summed E-state index contributed by atoms with van der Waals surface area (Å²) in [4.78, 5) is 4.36. The van der Waals surface area contributed by atoms with E-state index in [0.717, 1.165) is 29.4 Å². The molecule has 0 aliphatic heterocycles. The fourth-order valence-corrected chi connectivity index (χ4v) is 3.20. The molecule has 0 bridgehead atoms. The number of aromatic nitrogens is 1. The summed E-state index contributed by atoms with van der Waals surface area (Å²) in [6, 6.07) is 8.15. The standard InChI is InChI=1S/C15H16Cl2N2/c16-10-5-6-11-13(7-8-18-15(11)9-10)19-14-4-2-1-3-12(14)17/h5-9,12,14H,1-4H2,(H,18,19). The van der Waals surface area contributed by atoms with E-state index in [0.29, 0.717) is 11.1 Å². The molecule has 2 atom stereocenters. The zero-order valence-electron chi connectivity index (χ0n) is 10.6.